The molecule has 0 aromatic carbocycles. The Morgan fingerprint density at radius 3 is 2.73 bits per heavy atom. The maximum absolute atomic E-state index is 11.5. The number of nitrogens with zero attached hydrogens (tertiary/aromatic N) is 2. The zero-order valence-electron chi connectivity index (χ0n) is 10.1. The van der Waals surface area contributed by atoms with Crippen LogP contribution in [0.5, 0.6) is 0 Å². The van der Waals surface area contributed by atoms with Crippen LogP contribution >= 0.6 is 0 Å². The van der Waals surface area contributed by atoms with Gasteiger partial charge in [-0.1, -0.05) is 13.5 Å². The fourth-order valence-electron chi connectivity index (χ4n) is 1.97. The van der Waals surface area contributed by atoms with Crippen molar-refractivity contribution in [1.82, 2.24) is 9.80 Å². The molecule has 3 heteroatoms. The van der Waals surface area contributed by atoms with Crippen LogP contribution in [-0.2, 0) is 4.79 Å². The van der Waals surface area contributed by atoms with Crippen molar-refractivity contribution >= 4 is 5.91 Å². The molecule has 1 rings (SSSR count). The van der Waals surface area contributed by atoms with Gasteiger partial charge in [-0.15, -0.1) is 0 Å². The first-order chi connectivity index (χ1) is 7.04. The van der Waals surface area contributed by atoms with E-state index in [-0.39, 0.29) is 5.91 Å². The van der Waals surface area contributed by atoms with Gasteiger partial charge >= 0.3 is 0 Å². The van der Waals surface area contributed by atoms with Crippen molar-refractivity contribution in [3.05, 3.63) is 12.3 Å². The zero-order chi connectivity index (χ0) is 11.4. The molecular weight excluding hydrogens is 188 g/mol. The van der Waals surface area contributed by atoms with Crippen LogP contribution in [0.3, 0.4) is 0 Å². The second-order valence-corrected chi connectivity index (χ2v) is 4.51. The summed E-state index contributed by atoms with van der Waals surface area (Å²) >= 11 is 0. The Bertz CT molecular complexity index is 248. The molecule has 1 saturated heterocycles. The number of carbonyl (C=O) groups excluding carboxylic acids is 1. The van der Waals surface area contributed by atoms with E-state index in [0.717, 1.165) is 31.6 Å². The summed E-state index contributed by atoms with van der Waals surface area (Å²) in [6.07, 6.45) is 2.76. The van der Waals surface area contributed by atoms with Gasteiger partial charge in [-0.05, 0) is 18.8 Å². The van der Waals surface area contributed by atoms with Crippen LogP contribution in [-0.4, -0.2) is 42.9 Å². The Labute approximate surface area is 92.7 Å². The SMILES string of the molecule is C=C(CC1CCN(C(=O)CC)C1)N(C)C. The van der Waals surface area contributed by atoms with E-state index in [1.807, 2.05) is 25.9 Å². The molecule has 0 aromatic heterocycles. The average molecular weight is 210 g/mol. The van der Waals surface area contributed by atoms with E-state index in [1.165, 1.54) is 0 Å². The Morgan fingerprint density at radius 2 is 2.20 bits per heavy atom. The fraction of sp³-hybridized carbons (Fsp3) is 0.750. The lowest BCUT2D eigenvalue weighted by Gasteiger charge is -2.19. The van der Waals surface area contributed by atoms with Crippen molar-refractivity contribution in [2.75, 3.05) is 27.2 Å². The Kier molecular flexibility index (Phi) is 4.18. The minimum absolute atomic E-state index is 0.285. The fourth-order valence-corrected chi connectivity index (χ4v) is 1.97. The molecule has 1 fully saturated rings. The lowest BCUT2D eigenvalue weighted by Crippen LogP contribution is -2.28. The highest BCUT2D eigenvalue weighted by atomic mass is 16.2. The molecule has 0 aromatic rings. The van der Waals surface area contributed by atoms with Gasteiger partial charge in [0.1, 0.15) is 0 Å². The monoisotopic (exact) mass is 210 g/mol. The number of amides is 1. The van der Waals surface area contributed by atoms with E-state index < -0.39 is 0 Å². The van der Waals surface area contributed by atoms with Crippen molar-refractivity contribution in [2.24, 2.45) is 5.92 Å². The maximum atomic E-state index is 11.5. The van der Waals surface area contributed by atoms with E-state index in [4.69, 9.17) is 0 Å². The molecule has 0 bridgehead atoms. The topological polar surface area (TPSA) is 23.6 Å². The van der Waals surface area contributed by atoms with Crippen molar-refractivity contribution in [2.45, 2.75) is 26.2 Å². The van der Waals surface area contributed by atoms with Gasteiger partial charge in [0.15, 0.2) is 0 Å². The second kappa shape index (κ2) is 5.19. The quantitative estimate of drug-likeness (QED) is 0.705. The highest BCUT2D eigenvalue weighted by Crippen LogP contribution is 2.23. The van der Waals surface area contributed by atoms with E-state index in [1.54, 1.807) is 0 Å². The highest BCUT2D eigenvalue weighted by molar-refractivity contribution is 5.76. The van der Waals surface area contributed by atoms with Gasteiger partial charge in [0.2, 0.25) is 5.91 Å². The summed E-state index contributed by atoms with van der Waals surface area (Å²) < 4.78 is 0. The summed E-state index contributed by atoms with van der Waals surface area (Å²) in [5.74, 6) is 0.892. The van der Waals surface area contributed by atoms with Gasteiger partial charge in [0.05, 0.1) is 0 Å². The van der Waals surface area contributed by atoms with Crippen LogP contribution in [0.2, 0.25) is 0 Å². The molecule has 86 valence electrons. The van der Waals surface area contributed by atoms with Crippen LogP contribution < -0.4 is 0 Å². The Morgan fingerprint density at radius 1 is 1.53 bits per heavy atom. The highest BCUT2D eigenvalue weighted by Gasteiger charge is 2.25. The second-order valence-electron chi connectivity index (χ2n) is 4.51. The number of hydrogen-bond donors (Lipinski definition) is 0. The minimum Gasteiger partial charge on any atom is -0.381 e. The molecular formula is C12H22N2O. The average Bonchev–Trinajstić information content (AvgIpc) is 2.65. The lowest BCUT2D eigenvalue weighted by molar-refractivity contribution is -0.129. The molecule has 0 spiro atoms. The molecule has 1 unspecified atom stereocenters. The standard InChI is InChI=1S/C12H22N2O/c1-5-12(15)14-7-6-11(9-14)8-10(2)13(3)4/h11H,2,5-9H2,1,3-4H3. The third kappa shape index (κ3) is 3.26. The van der Waals surface area contributed by atoms with Crippen LogP contribution in [0.25, 0.3) is 0 Å². The van der Waals surface area contributed by atoms with Gasteiger partial charge in [-0.2, -0.15) is 0 Å². The first kappa shape index (κ1) is 12.1. The summed E-state index contributed by atoms with van der Waals surface area (Å²) in [5.41, 5.74) is 1.16. The van der Waals surface area contributed by atoms with Gasteiger partial charge in [-0.3, -0.25) is 4.79 Å². The zero-order valence-corrected chi connectivity index (χ0v) is 10.1. The smallest absolute Gasteiger partial charge is 0.222 e. The molecule has 3 nitrogen and oxygen atoms in total. The van der Waals surface area contributed by atoms with Crippen molar-refractivity contribution < 1.29 is 4.79 Å². The minimum atomic E-state index is 0.285. The summed E-state index contributed by atoms with van der Waals surface area (Å²) in [4.78, 5) is 15.5. The third-order valence-corrected chi connectivity index (χ3v) is 3.10. The largest absolute Gasteiger partial charge is 0.381 e. The van der Waals surface area contributed by atoms with Gasteiger partial charge in [0.25, 0.3) is 0 Å². The maximum Gasteiger partial charge on any atom is 0.222 e. The predicted octanol–water partition coefficient (Wildman–Crippen LogP) is 1.71. The van der Waals surface area contributed by atoms with Gasteiger partial charge < -0.3 is 9.80 Å². The predicted molar refractivity (Wildman–Crippen MR) is 62.4 cm³/mol. The Balaban J connectivity index is 2.37. The number of rotatable bonds is 4. The van der Waals surface area contributed by atoms with Gasteiger partial charge in [0, 0.05) is 39.3 Å². The molecule has 1 aliphatic rings. The lowest BCUT2D eigenvalue weighted by atomic mass is 10.0. The first-order valence-electron chi connectivity index (χ1n) is 5.67. The van der Waals surface area contributed by atoms with Gasteiger partial charge in [-0.25, -0.2) is 0 Å². The van der Waals surface area contributed by atoms with Crippen molar-refractivity contribution in [3.63, 3.8) is 0 Å². The summed E-state index contributed by atoms with van der Waals surface area (Å²) in [6.45, 7) is 7.80. The van der Waals surface area contributed by atoms with E-state index in [2.05, 4.69) is 11.5 Å². The normalized spacial score (nSPS) is 20.5. The molecule has 15 heavy (non-hydrogen) atoms. The van der Waals surface area contributed by atoms with Crippen LogP contribution in [0.4, 0.5) is 0 Å². The summed E-state index contributed by atoms with van der Waals surface area (Å²) in [6, 6.07) is 0. The van der Waals surface area contributed by atoms with E-state index in [0.29, 0.717) is 12.3 Å². The molecule has 1 heterocycles. The first-order valence-corrected chi connectivity index (χ1v) is 5.67. The summed E-state index contributed by atoms with van der Waals surface area (Å²) in [7, 11) is 4.04. The number of allylic oxidation sites excluding steroid dienone is 1. The number of likely N-dealkylation sites (tertiary alicyclic amines) is 1. The molecule has 0 N–H and O–H groups in total. The van der Waals surface area contributed by atoms with E-state index >= 15 is 0 Å². The number of hydrogen-bond acceptors (Lipinski definition) is 2. The summed E-state index contributed by atoms with van der Waals surface area (Å²) in [5, 5.41) is 0. The molecule has 1 aliphatic heterocycles. The molecule has 1 atom stereocenters. The molecule has 0 saturated carbocycles. The molecule has 0 radical (unpaired) electrons. The third-order valence-electron chi connectivity index (χ3n) is 3.10. The van der Waals surface area contributed by atoms with Crippen molar-refractivity contribution in [1.29, 1.82) is 0 Å². The van der Waals surface area contributed by atoms with Crippen LogP contribution in [0.15, 0.2) is 12.3 Å². The Hall–Kier alpha value is -0.990. The van der Waals surface area contributed by atoms with Crippen LogP contribution in [0.1, 0.15) is 26.2 Å². The number of carbonyl (C=O) groups is 1. The molecule has 1 amide bonds. The van der Waals surface area contributed by atoms with Crippen LogP contribution in [0, 0.1) is 5.92 Å². The molecule has 0 aliphatic carbocycles. The van der Waals surface area contributed by atoms with Crippen molar-refractivity contribution in [3.8, 4) is 0 Å². The van der Waals surface area contributed by atoms with E-state index in [9.17, 15) is 4.79 Å².